The Labute approximate surface area is 323 Å². The topological polar surface area (TPSA) is 228 Å². The highest BCUT2D eigenvalue weighted by molar-refractivity contribution is 7.85. The molecule has 0 radical (unpaired) electrons. The number of azo groups is 1. The average Bonchev–Trinajstić information content (AvgIpc) is 3.14. The molecule has 6 N–H and O–H groups in total. The molecule has 7 aromatic rings. The van der Waals surface area contributed by atoms with Crippen LogP contribution in [0, 0.1) is 13.8 Å². The van der Waals surface area contributed by atoms with Crippen LogP contribution in [0.1, 0.15) is 31.8 Å². The molecule has 56 heavy (non-hydrogen) atoms. The van der Waals surface area contributed by atoms with E-state index in [1.54, 1.807) is 30.3 Å². The molecule has 0 aliphatic rings. The molecule has 15 nitrogen and oxygen atoms in total. The van der Waals surface area contributed by atoms with Crippen molar-refractivity contribution in [1.29, 1.82) is 0 Å². The van der Waals surface area contributed by atoms with Gasteiger partial charge in [-0.15, -0.1) is 5.11 Å². The molecule has 1 aromatic heterocycles. The molecule has 0 bridgehead atoms. The molecule has 1 heterocycles. The summed E-state index contributed by atoms with van der Waals surface area (Å²) < 4.78 is 34.7. The van der Waals surface area contributed by atoms with E-state index >= 15 is 0 Å². The van der Waals surface area contributed by atoms with Crippen molar-refractivity contribution in [3.63, 3.8) is 0 Å². The first-order valence-corrected chi connectivity index (χ1v) is 18.4. The van der Waals surface area contributed by atoms with E-state index in [0.29, 0.717) is 11.4 Å². The van der Waals surface area contributed by atoms with Gasteiger partial charge >= 0.3 is 5.97 Å². The Morgan fingerprint density at radius 3 is 2.23 bits per heavy atom. The van der Waals surface area contributed by atoms with Gasteiger partial charge in [0.1, 0.15) is 5.69 Å². The fraction of sp³-hybridized carbons (Fsp3) is 0.0513. The van der Waals surface area contributed by atoms with Gasteiger partial charge in [-0.2, -0.15) is 28.5 Å². The molecule has 280 valence electrons. The molecule has 6 aromatic carbocycles. The van der Waals surface area contributed by atoms with Crippen LogP contribution in [0.3, 0.4) is 0 Å². The van der Waals surface area contributed by atoms with Crippen molar-refractivity contribution in [3.05, 3.63) is 131 Å². The van der Waals surface area contributed by atoms with Crippen molar-refractivity contribution in [3.8, 4) is 5.75 Å². The molecule has 0 unspecified atom stereocenters. The van der Waals surface area contributed by atoms with E-state index in [2.05, 4.69) is 47.2 Å². The number of amides is 1. The van der Waals surface area contributed by atoms with E-state index in [-0.39, 0.29) is 56.1 Å². The number of aromatic carboxylic acids is 1. The molecule has 0 aliphatic carbocycles. The Hall–Kier alpha value is -7.01. The summed E-state index contributed by atoms with van der Waals surface area (Å²) in [5.41, 5.74) is 2.55. The SMILES string of the molecule is Cc1ccc2cc(Nc3nc(Cl)nc(Nc4cc(N=Nc5c(O)c(C(=O)Nc6ccccc6)cc6cc(C(=O)O)ccc56)cc(S(=O)(=O)O)c4)n3)c(C)cc2c1. The number of phenolic OH excluding ortho intramolecular Hbond substituents is 1. The number of fused-ring (bicyclic) bond motifs is 2. The van der Waals surface area contributed by atoms with Crippen molar-refractivity contribution in [2.75, 3.05) is 16.0 Å². The van der Waals surface area contributed by atoms with Crippen LogP contribution in [0.2, 0.25) is 5.28 Å². The van der Waals surface area contributed by atoms with Gasteiger partial charge in [0.25, 0.3) is 16.0 Å². The van der Waals surface area contributed by atoms with Gasteiger partial charge in [0.15, 0.2) is 5.75 Å². The Kier molecular flexibility index (Phi) is 10.0. The number of benzene rings is 6. The summed E-state index contributed by atoms with van der Waals surface area (Å²) in [4.78, 5) is 37.2. The maximum atomic E-state index is 13.3. The monoisotopic (exact) mass is 788 g/mol. The van der Waals surface area contributed by atoms with Crippen LogP contribution >= 0.6 is 11.6 Å². The van der Waals surface area contributed by atoms with Gasteiger partial charge in [-0.1, -0.05) is 48.0 Å². The number of nitrogens with zero attached hydrogens (tertiary/aromatic N) is 5. The lowest BCUT2D eigenvalue weighted by atomic mass is 10.0. The molecule has 7 rings (SSSR count). The lowest BCUT2D eigenvalue weighted by Gasteiger charge is -2.13. The van der Waals surface area contributed by atoms with Gasteiger partial charge in [0.2, 0.25) is 17.2 Å². The number of carboxylic acid groups (broad SMARTS) is 1. The second kappa shape index (κ2) is 15.0. The van der Waals surface area contributed by atoms with Gasteiger partial charge in [-0.25, -0.2) is 4.79 Å². The first kappa shape index (κ1) is 37.3. The van der Waals surface area contributed by atoms with Gasteiger partial charge < -0.3 is 26.2 Å². The zero-order valence-electron chi connectivity index (χ0n) is 29.3. The third-order valence-electron chi connectivity index (χ3n) is 8.51. The molecule has 0 aliphatic heterocycles. The lowest BCUT2D eigenvalue weighted by Crippen LogP contribution is -2.12. The Bertz CT molecular complexity index is 2870. The van der Waals surface area contributed by atoms with Gasteiger partial charge in [0.05, 0.1) is 21.7 Å². The predicted octanol–water partition coefficient (Wildman–Crippen LogP) is 9.25. The Morgan fingerprint density at radius 2 is 1.50 bits per heavy atom. The Balaban J connectivity index is 1.24. The summed E-state index contributed by atoms with van der Waals surface area (Å²) in [6, 6.07) is 27.3. The number of rotatable bonds is 10. The van der Waals surface area contributed by atoms with E-state index < -0.39 is 32.6 Å². The van der Waals surface area contributed by atoms with E-state index in [1.807, 2.05) is 38.1 Å². The van der Waals surface area contributed by atoms with Crippen LogP contribution < -0.4 is 16.0 Å². The first-order chi connectivity index (χ1) is 26.7. The largest absolute Gasteiger partial charge is 0.505 e. The molecule has 0 saturated heterocycles. The summed E-state index contributed by atoms with van der Waals surface area (Å²) in [6.45, 7) is 3.94. The number of phenols is 1. The van der Waals surface area contributed by atoms with E-state index in [4.69, 9.17) is 11.6 Å². The summed E-state index contributed by atoms with van der Waals surface area (Å²) in [5.74, 6) is -2.53. The number of nitrogens with one attached hydrogen (secondary N) is 3. The predicted molar refractivity (Wildman–Crippen MR) is 212 cm³/mol. The number of carboxylic acids is 1. The molecule has 0 spiro atoms. The maximum absolute atomic E-state index is 13.3. The van der Waals surface area contributed by atoms with E-state index in [1.165, 1.54) is 30.3 Å². The quantitative estimate of drug-likeness (QED) is 0.0563. The number of para-hydroxylation sites is 1. The minimum Gasteiger partial charge on any atom is -0.505 e. The lowest BCUT2D eigenvalue weighted by molar-refractivity contribution is 0.0696. The van der Waals surface area contributed by atoms with Crippen molar-refractivity contribution in [1.82, 2.24) is 15.0 Å². The van der Waals surface area contributed by atoms with Crippen molar-refractivity contribution >= 4 is 95.5 Å². The van der Waals surface area contributed by atoms with Crippen LogP contribution in [-0.2, 0) is 10.1 Å². The minimum atomic E-state index is -4.80. The molecule has 0 atom stereocenters. The molecule has 0 fully saturated rings. The molecule has 17 heteroatoms. The third kappa shape index (κ3) is 8.22. The van der Waals surface area contributed by atoms with Crippen molar-refractivity contribution in [2.45, 2.75) is 18.7 Å². The second-order valence-electron chi connectivity index (χ2n) is 12.6. The molecular formula is C39H29ClN8O7S. The highest BCUT2D eigenvalue weighted by Gasteiger charge is 2.21. The number of aromatic hydroxyl groups is 1. The fourth-order valence-corrected chi connectivity index (χ4v) is 6.56. The van der Waals surface area contributed by atoms with Crippen LogP contribution in [0.5, 0.6) is 5.75 Å². The van der Waals surface area contributed by atoms with Crippen LogP contribution in [0.25, 0.3) is 21.5 Å². The van der Waals surface area contributed by atoms with E-state index in [0.717, 1.165) is 34.0 Å². The van der Waals surface area contributed by atoms with Gasteiger partial charge in [-0.05, 0) is 108 Å². The number of hydrogen-bond acceptors (Lipinski definition) is 12. The maximum Gasteiger partial charge on any atom is 0.335 e. The first-order valence-electron chi connectivity index (χ1n) is 16.6. The molecule has 1 amide bonds. The normalized spacial score (nSPS) is 11.6. The molecule has 0 saturated carbocycles. The number of aryl methyl sites for hydroxylation is 2. The van der Waals surface area contributed by atoms with E-state index in [9.17, 15) is 32.8 Å². The fourth-order valence-electron chi connectivity index (χ4n) is 5.85. The zero-order chi connectivity index (χ0) is 39.7. The molecular weight excluding hydrogens is 760 g/mol. The smallest absolute Gasteiger partial charge is 0.335 e. The number of anilines is 5. The number of carbonyl (C=O) groups excluding carboxylic acids is 1. The summed E-state index contributed by atoms with van der Waals surface area (Å²) in [6.07, 6.45) is 0. The van der Waals surface area contributed by atoms with Gasteiger partial charge in [0, 0.05) is 22.4 Å². The standard InChI is InChI=1S/C39H29ClN8O7S/c1-20-8-9-22-16-32(21(2)13-24(22)12-20)43-39-45-37(40)44-38(46-39)42-27-17-28(19-29(18-27)56(53,54)55)47-48-33-30-11-10-23(36(51)52)14-25(30)15-31(34(33)49)35(50)41-26-6-4-3-5-7-26/h3-19,49H,1-2H3,(H,41,50)(H,51,52)(H,53,54,55)(H2,42,43,44,45,46). The van der Waals surface area contributed by atoms with Gasteiger partial charge in [-0.3, -0.25) is 9.35 Å². The van der Waals surface area contributed by atoms with Crippen LogP contribution in [0.4, 0.5) is 40.3 Å². The number of carbonyl (C=O) groups is 2. The third-order valence-corrected chi connectivity index (χ3v) is 9.51. The number of halogens is 1. The highest BCUT2D eigenvalue weighted by Crippen LogP contribution is 2.41. The summed E-state index contributed by atoms with van der Waals surface area (Å²) >= 11 is 6.26. The highest BCUT2D eigenvalue weighted by atomic mass is 35.5. The van der Waals surface area contributed by atoms with Crippen LogP contribution in [-0.4, -0.2) is 50.0 Å². The summed E-state index contributed by atoms with van der Waals surface area (Å²) in [7, 11) is -4.80. The van der Waals surface area contributed by atoms with Crippen molar-refractivity contribution < 1.29 is 32.8 Å². The van der Waals surface area contributed by atoms with Crippen LogP contribution in [0.15, 0.2) is 118 Å². The number of hydrogen-bond donors (Lipinski definition) is 6. The zero-order valence-corrected chi connectivity index (χ0v) is 30.9. The average molecular weight is 789 g/mol. The number of aromatic nitrogens is 3. The van der Waals surface area contributed by atoms with Crippen molar-refractivity contribution in [2.24, 2.45) is 10.2 Å². The Morgan fingerprint density at radius 1 is 0.750 bits per heavy atom. The minimum absolute atomic E-state index is 0.0377. The summed E-state index contributed by atoms with van der Waals surface area (Å²) in [5, 5.41) is 40.3. The second-order valence-corrected chi connectivity index (χ2v) is 14.4.